The highest BCUT2D eigenvalue weighted by Crippen LogP contribution is 2.08. The van der Waals surface area contributed by atoms with Gasteiger partial charge >= 0.3 is 0 Å². The summed E-state index contributed by atoms with van der Waals surface area (Å²) < 4.78 is 4.91. The molecule has 5 nitrogen and oxygen atoms in total. The van der Waals surface area contributed by atoms with E-state index in [0.29, 0.717) is 5.89 Å². The molecule has 60 valence electrons. The predicted octanol–water partition coefficient (Wildman–Crippen LogP) is -0.696. The summed E-state index contributed by atoms with van der Waals surface area (Å²) in [6.07, 6.45) is 1.42. The van der Waals surface area contributed by atoms with E-state index in [-0.39, 0.29) is 6.04 Å². The van der Waals surface area contributed by atoms with Crippen molar-refractivity contribution in [2.24, 2.45) is 0 Å². The number of nitrogens with zero attached hydrogens (tertiary/aromatic N) is 2. The average molecular weight is 154 g/mol. The van der Waals surface area contributed by atoms with Crippen molar-refractivity contribution in [3.05, 3.63) is 12.2 Å². The van der Waals surface area contributed by atoms with Crippen LogP contribution in [0, 0.1) is 0 Å². The highest BCUT2D eigenvalue weighted by molar-refractivity contribution is 4.90. The Balaban J connectivity index is 2.04. The molecule has 0 aliphatic carbocycles. The van der Waals surface area contributed by atoms with E-state index in [4.69, 9.17) is 4.52 Å². The second kappa shape index (κ2) is 2.98. The van der Waals surface area contributed by atoms with Gasteiger partial charge < -0.3 is 15.2 Å². The molecule has 11 heavy (non-hydrogen) atoms. The average Bonchev–Trinajstić information content (AvgIpc) is 2.58. The van der Waals surface area contributed by atoms with Crippen molar-refractivity contribution < 1.29 is 4.52 Å². The summed E-state index contributed by atoms with van der Waals surface area (Å²) in [5.41, 5.74) is 0. The lowest BCUT2D eigenvalue weighted by molar-refractivity contribution is 0.306. The first-order valence-electron chi connectivity index (χ1n) is 3.67. The van der Waals surface area contributed by atoms with Crippen molar-refractivity contribution in [2.45, 2.75) is 6.04 Å². The Bertz CT molecular complexity index is 204. The topological polar surface area (TPSA) is 63.0 Å². The van der Waals surface area contributed by atoms with Crippen LogP contribution in [0.3, 0.4) is 0 Å². The number of rotatable bonds is 1. The van der Waals surface area contributed by atoms with Gasteiger partial charge in [-0.25, -0.2) is 0 Å². The van der Waals surface area contributed by atoms with Gasteiger partial charge in [-0.1, -0.05) is 5.16 Å². The van der Waals surface area contributed by atoms with Gasteiger partial charge in [-0.05, 0) is 0 Å². The first kappa shape index (κ1) is 6.75. The van der Waals surface area contributed by atoms with Gasteiger partial charge in [0.2, 0.25) is 5.89 Å². The molecule has 2 N–H and O–H groups in total. The van der Waals surface area contributed by atoms with Crippen LogP contribution in [-0.4, -0.2) is 29.8 Å². The van der Waals surface area contributed by atoms with Crippen LogP contribution >= 0.6 is 0 Å². The van der Waals surface area contributed by atoms with E-state index in [1.807, 2.05) is 0 Å². The fourth-order valence-corrected chi connectivity index (χ4v) is 1.16. The largest absolute Gasteiger partial charge is 0.338 e. The number of aromatic nitrogens is 2. The highest BCUT2D eigenvalue weighted by atomic mass is 16.5. The van der Waals surface area contributed by atoms with Gasteiger partial charge in [-0.2, -0.15) is 4.98 Å². The third kappa shape index (κ3) is 1.38. The van der Waals surface area contributed by atoms with Crippen LogP contribution in [0.2, 0.25) is 0 Å². The lowest BCUT2D eigenvalue weighted by atomic mass is 10.2. The molecule has 1 atom stereocenters. The molecular formula is C6H10N4O. The maximum Gasteiger partial charge on any atom is 0.244 e. The molecule has 0 radical (unpaired) electrons. The summed E-state index contributed by atoms with van der Waals surface area (Å²) in [6.45, 7) is 2.82. The molecule has 1 aromatic rings. The minimum Gasteiger partial charge on any atom is -0.338 e. The lowest BCUT2D eigenvalue weighted by Crippen LogP contribution is -2.42. The zero-order valence-electron chi connectivity index (χ0n) is 6.08. The summed E-state index contributed by atoms with van der Waals surface area (Å²) in [5, 5.41) is 10.0. The molecule has 2 heterocycles. The normalized spacial score (nSPS) is 25.3. The molecule has 1 unspecified atom stereocenters. The third-order valence-corrected chi connectivity index (χ3v) is 1.72. The van der Waals surface area contributed by atoms with Crippen LogP contribution in [0.4, 0.5) is 0 Å². The van der Waals surface area contributed by atoms with Crippen molar-refractivity contribution in [3.8, 4) is 0 Å². The van der Waals surface area contributed by atoms with Gasteiger partial charge in [-0.15, -0.1) is 0 Å². The van der Waals surface area contributed by atoms with Gasteiger partial charge in [0, 0.05) is 19.6 Å². The van der Waals surface area contributed by atoms with E-state index in [1.165, 1.54) is 6.33 Å². The fourth-order valence-electron chi connectivity index (χ4n) is 1.16. The van der Waals surface area contributed by atoms with Crippen LogP contribution in [0.1, 0.15) is 11.9 Å². The van der Waals surface area contributed by atoms with Gasteiger partial charge in [0.25, 0.3) is 0 Å². The van der Waals surface area contributed by atoms with E-state index in [1.54, 1.807) is 0 Å². The molecule has 1 aromatic heterocycles. The Morgan fingerprint density at radius 2 is 2.55 bits per heavy atom. The van der Waals surface area contributed by atoms with Crippen LogP contribution in [-0.2, 0) is 0 Å². The van der Waals surface area contributed by atoms with Crippen molar-refractivity contribution in [1.29, 1.82) is 0 Å². The summed E-state index contributed by atoms with van der Waals surface area (Å²) >= 11 is 0. The number of nitrogens with one attached hydrogen (secondary N) is 2. The molecule has 1 fully saturated rings. The zero-order valence-corrected chi connectivity index (χ0v) is 6.08. The Kier molecular flexibility index (Phi) is 1.83. The SMILES string of the molecule is c1noc(C2CNCCN2)n1. The van der Waals surface area contributed by atoms with Gasteiger partial charge in [0.15, 0.2) is 6.33 Å². The molecule has 1 aliphatic rings. The van der Waals surface area contributed by atoms with Crippen LogP contribution in [0.5, 0.6) is 0 Å². The zero-order chi connectivity index (χ0) is 7.52. The van der Waals surface area contributed by atoms with E-state index < -0.39 is 0 Å². The van der Waals surface area contributed by atoms with E-state index in [0.717, 1.165) is 19.6 Å². The summed E-state index contributed by atoms with van der Waals surface area (Å²) in [7, 11) is 0. The van der Waals surface area contributed by atoms with Crippen molar-refractivity contribution in [3.63, 3.8) is 0 Å². The Labute approximate surface area is 64.2 Å². The van der Waals surface area contributed by atoms with Gasteiger partial charge in [-0.3, -0.25) is 0 Å². The van der Waals surface area contributed by atoms with Crippen molar-refractivity contribution in [1.82, 2.24) is 20.8 Å². The highest BCUT2D eigenvalue weighted by Gasteiger charge is 2.18. The standard InChI is InChI=1S/C6H10N4O/c1-2-8-5(3-7-1)6-9-4-10-11-6/h4-5,7-8H,1-3H2. The summed E-state index contributed by atoms with van der Waals surface area (Å²) in [5.74, 6) is 0.664. The molecule has 5 heteroatoms. The number of hydrogen-bond donors (Lipinski definition) is 2. The predicted molar refractivity (Wildman–Crippen MR) is 37.9 cm³/mol. The van der Waals surface area contributed by atoms with Crippen molar-refractivity contribution >= 4 is 0 Å². The third-order valence-electron chi connectivity index (χ3n) is 1.72. The molecule has 1 aliphatic heterocycles. The molecule has 0 saturated carbocycles. The second-order valence-corrected chi connectivity index (χ2v) is 2.49. The molecule has 2 rings (SSSR count). The minimum absolute atomic E-state index is 0.186. The quantitative estimate of drug-likeness (QED) is 0.560. The Hall–Kier alpha value is -0.940. The van der Waals surface area contributed by atoms with Crippen LogP contribution in [0.15, 0.2) is 10.9 Å². The second-order valence-electron chi connectivity index (χ2n) is 2.49. The molecule has 1 saturated heterocycles. The van der Waals surface area contributed by atoms with Gasteiger partial charge in [0.05, 0.1) is 6.04 Å². The molecule has 0 amide bonds. The molecule has 0 bridgehead atoms. The molecule has 0 spiro atoms. The van der Waals surface area contributed by atoms with Crippen LogP contribution < -0.4 is 10.6 Å². The van der Waals surface area contributed by atoms with Crippen molar-refractivity contribution in [2.75, 3.05) is 19.6 Å². The van der Waals surface area contributed by atoms with E-state index >= 15 is 0 Å². The summed E-state index contributed by atoms with van der Waals surface area (Å²) in [6, 6.07) is 0.186. The lowest BCUT2D eigenvalue weighted by Gasteiger charge is -2.20. The first-order chi connectivity index (χ1) is 5.47. The van der Waals surface area contributed by atoms with Gasteiger partial charge in [0.1, 0.15) is 0 Å². The number of piperazine rings is 1. The maximum absolute atomic E-state index is 4.91. The molecule has 0 aromatic carbocycles. The molecular weight excluding hydrogens is 144 g/mol. The summed E-state index contributed by atoms with van der Waals surface area (Å²) in [4.78, 5) is 3.96. The Morgan fingerprint density at radius 1 is 1.55 bits per heavy atom. The van der Waals surface area contributed by atoms with E-state index in [9.17, 15) is 0 Å². The van der Waals surface area contributed by atoms with E-state index in [2.05, 4.69) is 20.8 Å². The van der Waals surface area contributed by atoms with Crippen LogP contribution in [0.25, 0.3) is 0 Å². The minimum atomic E-state index is 0.186. The Morgan fingerprint density at radius 3 is 3.18 bits per heavy atom. The monoisotopic (exact) mass is 154 g/mol. The fraction of sp³-hybridized carbons (Fsp3) is 0.667. The first-order valence-corrected chi connectivity index (χ1v) is 3.67. The number of hydrogen-bond acceptors (Lipinski definition) is 5. The smallest absolute Gasteiger partial charge is 0.244 e. The maximum atomic E-state index is 4.91.